The summed E-state index contributed by atoms with van der Waals surface area (Å²) in [5.74, 6) is -3.09. The van der Waals surface area contributed by atoms with Crippen LogP contribution in [0.25, 0.3) is 0 Å². The molecule has 0 atom stereocenters. The lowest BCUT2D eigenvalue weighted by Crippen LogP contribution is -2.32. The number of benzene rings is 2. The van der Waals surface area contributed by atoms with Crippen LogP contribution in [-0.2, 0) is 0 Å². The minimum absolute atomic E-state index is 0.0480. The summed E-state index contributed by atoms with van der Waals surface area (Å²) in [4.78, 5) is 36.5. The molecule has 0 aliphatic rings. The highest BCUT2D eigenvalue weighted by atomic mass is 16.4. The first-order valence-corrected chi connectivity index (χ1v) is 6.93. The number of hydrogen-bond donors (Lipinski definition) is 2. The highest BCUT2D eigenvalue weighted by Crippen LogP contribution is 2.20. The van der Waals surface area contributed by atoms with Crippen LogP contribution in [0.5, 0.6) is 0 Å². The van der Waals surface area contributed by atoms with Gasteiger partial charge >= 0.3 is 11.9 Å². The first-order chi connectivity index (χ1) is 11.0. The maximum Gasteiger partial charge on any atom is 0.336 e. The third-order valence-electron chi connectivity index (χ3n) is 3.36. The molecule has 6 heteroatoms. The number of carboxylic acid groups (broad SMARTS) is 2. The van der Waals surface area contributed by atoms with Crippen LogP contribution in [0.3, 0.4) is 0 Å². The number of para-hydroxylation sites is 1. The summed E-state index contributed by atoms with van der Waals surface area (Å²) in [6.45, 7) is 2.12. The second-order valence-corrected chi connectivity index (χ2v) is 4.76. The maximum absolute atomic E-state index is 12.7. The average Bonchev–Trinajstić information content (AvgIpc) is 2.55. The average molecular weight is 313 g/mol. The molecular weight excluding hydrogens is 298 g/mol. The molecule has 0 aliphatic carbocycles. The Balaban J connectivity index is 2.49. The molecule has 23 heavy (non-hydrogen) atoms. The first kappa shape index (κ1) is 16.2. The Hall–Kier alpha value is -3.15. The smallest absolute Gasteiger partial charge is 0.336 e. The molecule has 0 aromatic heterocycles. The van der Waals surface area contributed by atoms with Crippen molar-refractivity contribution in [2.75, 3.05) is 11.4 Å². The fourth-order valence-electron chi connectivity index (χ4n) is 2.24. The molecule has 0 radical (unpaired) electrons. The van der Waals surface area contributed by atoms with E-state index in [9.17, 15) is 19.5 Å². The number of anilines is 1. The topological polar surface area (TPSA) is 94.9 Å². The molecule has 2 N–H and O–H groups in total. The minimum Gasteiger partial charge on any atom is -0.478 e. The number of carboxylic acids is 2. The molecule has 2 rings (SSSR count). The van der Waals surface area contributed by atoms with Gasteiger partial charge in [-0.1, -0.05) is 18.2 Å². The molecule has 6 nitrogen and oxygen atoms in total. The number of carbonyl (C=O) groups excluding carboxylic acids is 1. The van der Waals surface area contributed by atoms with Gasteiger partial charge in [0.05, 0.1) is 16.7 Å². The quantitative estimate of drug-likeness (QED) is 0.885. The van der Waals surface area contributed by atoms with E-state index < -0.39 is 17.8 Å². The van der Waals surface area contributed by atoms with Crippen molar-refractivity contribution in [3.8, 4) is 0 Å². The Labute approximate surface area is 132 Å². The van der Waals surface area contributed by atoms with Crippen molar-refractivity contribution in [3.05, 3.63) is 65.2 Å². The van der Waals surface area contributed by atoms with Gasteiger partial charge in [-0.05, 0) is 37.3 Å². The van der Waals surface area contributed by atoms with Gasteiger partial charge < -0.3 is 15.1 Å². The van der Waals surface area contributed by atoms with Crippen molar-refractivity contribution in [2.45, 2.75) is 6.92 Å². The van der Waals surface area contributed by atoms with Gasteiger partial charge in [0, 0.05) is 12.2 Å². The molecule has 0 unspecified atom stereocenters. The van der Waals surface area contributed by atoms with Crippen LogP contribution in [0, 0.1) is 0 Å². The van der Waals surface area contributed by atoms with Crippen molar-refractivity contribution in [1.82, 2.24) is 0 Å². The lowest BCUT2D eigenvalue weighted by Gasteiger charge is -2.22. The minimum atomic E-state index is -1.35. The number of carbonyl (C=O) groups is 3. The van der Waals surface area contributed by atoms with Gasteiger partial charge in [-0.25, -0.2) is 9.59 Å². The number of rotatable bonds is 5. The Bertz CT molecular complexity index is 755. The van der Waals surface area contributed by atoms with E-state index in [2.05, 4.69) is 0 Å². The van der Waals surface area contributed by atoms with Crippen LogP contribution in [0.4, 0.5) is 5.69 Å². The molecule has 2 aromatic carbocycles. The Morgan fingerprint density at radius 1 is 0.913 bits per heavy atom. The van der Waals surface area contributed by atoms with Crippen LogP contribution >= 0.6 is 0 Å². The summed E-state index contributed by atoms with van der Waals surface area (Å²) < 4.78 is 0. The molecule has 0 saturated carbocycles. The molecule has 0 fully saturated rings. The van der Waals surface area contributed by atoms with Crippen LogP contribution < -0.4 is 4.90 Å². The van der Waals surface area contributed by atoms with E-state index in [1.165, 1.54) is 17.0 Å². The van der Waals surface area contributed by atoms with Crippen molar-refractivity contribution in [2.24, 2.45) is 0 Å². The van der Waals surface area contributed by atoms with E-state index >= 15 is 0 Å². The largest absolute Gasteiger partial charge is 0.478 e. The molecule has 0 spiro atoms. The highest BCUT2D eigenvalue weighted by Gasteiger charge is 2.23. The highest BCUT2D eigenvalue weighted by molar-refractivity contribution is 6.12. The zero-order chi connectivity index (χ0) is 17.0. The van der Waals surface area contributed by atoms with Crippen LogP contribution in [0.15, 0.2) is 48.5 Å². The van der Waals surface area contributed by atoms with Crippen molar-refractivity contribution >= 4 is 23.5 Å². The van der Waals surface area contributed by atoms with Crippen LogP contribution in [0.2, 0.25) is 0 Å². The van der Waals surface area contributed by atoms with Gasteiger partial charge in [-0.2, -0.15) is 0 Å². The second-order valence-electron chi connectivity index (χ2n) is 4.76. The van der Waals surface area contributed by atoms with Crippen molar-refractivity contribution in [1.29, 1.82) is 0 Å². The summed E-state index contributed by atoms with van der Waals surface area (Å²) in [5.41, 5.74) is 0.0813. The van der Waals surface area contributed by atoms with Gasteiger partial charge in [0.2, 0.25) is 0 Å². The fourth-order valence-corrected chi connectivity index (χ4v) is 2.24. The third-order valence-corrected chi connectivity index (χ3v) is 3.36. The van der Waals surface area contributed by atoms with Gasteiger partial charge in [-0.3, -0.25) is 4.79 Å². The number of amides is 1. The van der Waals surface area contributed by atoms with E-state index in [1.54, 1.807) is 31.2 Å². The summed E-state index contributed by atoms with van der Waals surface area (Å²) in [6.07, 6.45) is 0. The standard InChI is InChI=1S/C17H15NO5/c1-2-18(12-6-4-3-5-7-12)15(19)13-9-8-11(16(20)21)10-14(13)17(22)23/h3-10H,2H2,1H3,(H,20,21)(H,22,23). The van der Waals surface area contributed by atoms with E-state index in [0.29, 0.717) is 12.2 Å². The predicted octanol–water partition coefficient (Wildman–Crippen LogP) is 2.75. The monoisotopic (exact) mass is 313 g/mol. The Morgan fingerprint density at radius 3 is 2.09 bits per heavy atom. The van der Waals surface area contributed by atoms with E-state index in [1.807, 2.05) is 6.07 Å². The van der Waals surface area contributed by atoms with Crippen molar-refractivity contribution < 1.29 is 24.6 Å². The number of aromatic carboxylic acids is 2. The summed E-state index contributed by atoms with van der Waals surface area (Å²) >= 11 is 0. The van der Waals surface area contributed by atoms with Gasteiger partial charge in [0.1, 0.15) is 0 Å². The number of nitrogens with zero attached hydrogens (tertiary/aromatic N) is 1. The molecule has 0 bridgehead atoms. The fraction of sp³-hybridized carbons (Fsp3) is 0.118. The van der Waals surface area contributed by atoms with E-state index in [0.717, 1.165) is 6.07 Å². The Morgan fingerprint density at radius 2 is 1.57 bits per heavy atom. The summed E-state index contributed by atoms with van der Waals surface area (Å²) in [5, 5.41) is 18.2. The molecule has 118 valence electrons. The first-order valence-electron chi connectivity index (χ1n) is 6.93. The van der Waals surface area contributed by atoms with Crippen LogP contribution in [-0.4, -0.2) is 34.6 Å². The molecule has 1 amide bonds. The van der Waals surface area contributed by atoms with Gasteiger partial charge in [0.25, 0.3) is 5.91 Å². The third kappa shape index (κ3) is 3.37. The summed E-state index contributed by atoms with van der Waals surface area (Å²) in [7, 11) is 0. The number of hydrogen-bond acceptors (Lipinski definition) is 3. The van der Waals surface area contributed by atoms with E-state index in [4.69, 9.17) is 5.11 Å². The lowest BCUT2D eigenvalue weighted by atomic mass is 10.0. The lowest BCUT2D eigenvalue weighted by molar-refractivity contribution is 0.0692. The molecule has 0 aliphatic heterocycles. The molecule has 0 heterocycles. The molecule has 2 aromatic rings. The Kier molecular flexibility index (Phi) is 4.75. The van der Waals surface area contributed by atoms with Gasteiger partial charge in [0.15, 0.2) is 0 Å². The zero-order valence-corrected chi connectivity index (χ0v) is 12.4. The normalized spacial score (nSPS) is 10.1. The van der Waals surface area contributed by atoms with E-state index in [-0.39, 0.29) is 16.7 Å². The van der Waals surface area contributed by atoms with Crippen molar-refractivity contribution in [3.63, 3.8) is 0 Å². The zero-order valence-electron chi connectivity index (χ0n) is 12.4. The molecule has 0 saturated heterocycles. The summed E-state index contributed by atoms with van der Waals surface area (Å²) in [6, 6.07) is 12.3. The second kappa shape index (κ2) is 6.74. The molecular formula is C17H15NO5. The van der Waals surface area contributed by atoms with Crippen LogP contribution in [0.1, 0.15) is 38.0 Å². The van der Waals surface area contributed by atoms with Gasteiger partial charge in [-0.15, -0.1) is 0 Å². The SMILES string of the molecule is CCN(C(=O)c1ccc(C(=O)O)cc1C(=O)O)c1ccccc1. The predicted molar refractivity (Wildman–Crippen MR) is 84.2 cm³/mol. The maximum atomic E-state index is 12.7.